The number of pyridine rings is 1. The van der Waals surface area contributed by atoms with Gasteiger partial charge in [0.2, 0.25) is 0 Å². The third-order valence-electron chi connectivity index (χ3n) is 4.63. The molecule has 1 aliphatic heterocycles. The van der Waals surface area contributed by atoms with Crippen molar-refractivity contribution in [2.45, 2.75) is 6.54 Å². The van der Waals surface area contributed by atoms with E-state index in [4.69, 9.17) is 11.6 Å². The first-order chi connectivity index (χ1) is 11.8. The smallest absolute Gasteiger partial charge is 0.0722 e. The van der Waals surface area contributed by atoms with Crippen LogP contribution in [0.15, 0.2) is 60.8 Å². The van der Waals surface area contributed by atoms with Crippen LogP contribution >= 0.6 is 11.6 Å². The van der Waals surface area contributed by atoms with Crippen molar-refractivity contribution in [2.24, 2.45) is 0 Å². The lowest BCUT2D eigenvalue weighted by molar-refractivity contribution is 0.250. The Labute approximate surface area is 147 Å². The molecule has 1 aromatic heterocycles. The SMILES string of the molecule is Clc1cccc(CN2CCN(c3cccc4ncccc34)CC2)c1. The average Bonchev–Trinajstić information content (AvgIpc) is 2.62. The lowest BCUT2D eigenvalue weighted by Crippen LogP contribution is -2.46. The van der Waals surface area contributed by atoms with Crippen LogP contribution in [0.4, 0.5) is 5.69 Å². The van der Waals surface area contributed by atoms with E-state index < -0.39 is 0 Å². The first-order valence-electron chi connectivity index (χ1n) is 8.35. The predicted octanol–water partition coefficient (Wildman–Crippen LogP) is 4.21. The molecule has 3 nitrogen and oxygen atoms in total. The second-order valence-electron chi connectivity index (χ2n) is 6.24. The van der Waals surface area contributed by atoms with Crippen molar-refractivity contribution in [3.63, 3.8) is 0 Å². The molecule has 0 saturated carbocycles. The number of aromatic nitrogens is 1. The van der Waals surface area contributed by atoms with Crippen molar-refractivity contribution < 1.29 is 0 Å². The predicted molar refractivity (Wildman–Crippen MR) is 101 cm³/mol. The van der Waals surface area contributed by atoms with Crippen LogP contribution in [0.3, 0.4) is 0 Å². The first kappa shape index (κ1) is 15.4. The summed E-state index contributed by atoms with van der Waals surface area (Å²) >= 11 is 6.09. The monoisotopic (exact) mass is 337 g/mol. The van der Waals surface area contributed by atoms with E-state index in [9.17, 15) is 0 Å². The Kier molecular flexibility index (Phi) is 4.37. The van der Waals surface area contributed by atoms with E-state index in [1.165, 1.54) is 16.6 Å². The Morgan fingerprint density at radius 1 is 0.917 bits per heavy atom. The fraction of sp³-hybridized carbons (Fsp3) is 0.250. The number of hydrogen-bond acceptors (Lipinski definition) is 3. The molecule has 122 valence electrons. The van der Waals surface area contributed by atoms with Crippen LogP contribution in [0.1, 0.15) is 5.56 Å². The molecule has 0 aliphatic carbocycles. The van der Waals surface area contributed by atoms with E-state index >= 15 is 0 Å². The highest BCUT2D eigenvalue weighted by molar-refractivity contribution is 6.30. The number of halogens is 1. The van der Waals surface area contributed by atoms with Gasteiger partial charge in [-0.25, -0.2) is 0 Å². The largest absolute Gasteiger partial charge is 0.368 e. The molecule has 0 amide bonds. The van der Waals surface area contributed by atoms with Crippen molar-refractivity contribution in [2.75, 3.05) is 31.1 Å². The molecule has 1 fully saturated rings. The maximum absolute atomic E-state index is 6.09. The Hall–Kier alpha value is -2.10. The lowest BCUT2D eigenvalue weighted by Gasteiger charge is -2.36. The van der Waals surface area contributed by atoms with E-state index in [0.717, 1.165) is 43.3 Å². The Balaban J connectivity index is 1.46. The molecule has 0 radical (unpaired) electrons. The highest BCUT2D eigenvalue weighted by Gasteiger charge is 2.18. The van der Waals surface area contributed by atoms with Gasteiger partial charge in [-0.1, -0.05) is 29.8 Å². The molecule has 0 bridgehead atoms. The van der Waals surface area contributed by atoms with E-state index in [-0.39, 0.29) is 0 Å². The molecule has 0 N–H and O–H groups in total. The summed E-state index contributed by atoms with van der Waals surface area (Å²) in [4.78, 5) is 9.43. The second-order valence-corrected chi connectivity index (χ2v) is 6.68. The second kappa shape index (κ2) is 6.80. The van der Waals surface area contributed by atoms with Crippen molar-refractivity contribution >= 4 is 28.2 Å². The summed E-state index contributed by atoms with van der Waals surface area (Å²) in [5, 5.41) is 2.05. The van der Waals surface area contributed by atoms with Crippen LogP contribution in [-0.4, -0.2) is 36.1 Å². The van der Waals surface area contributed by atoms with Gasteiger partial charge in [-0.2, -0.15) is 0 Å². The van der Waals surface area contributed by atoms with E-state index in [0.29, 0.717) is 0 Å². The molecule has 4 heteroatoms. The molecule has 3 aromatic rings. The van der Waals surface area contributed by atoms with Gasteiger partial charge < -0.3 is 4.90 Å². The van der Waals surface area contributed by atoms with Gasteiger partial charge in [-0.15, -0.1) is 0 Å². The van der Waals surface area contributed by atoms with Gasteiger partial charge in [0, 0.05) is 55.0 Å². The molecule has 1 aliphatic rings. The van der Waals surface area contributed by atoms with Crippen LogP contribution in [0, 0.1) is 0 Å². The van der Waals surface area contributed by atoms with Crippen molar-refractivity contribution in [3.8, 4) is 0 Å². The van der Waals surface area contributed by atoms with Gasteiger partial charge in [-0.3, -0.25) is 9.88 Å². The number of fused-ring (bicyclic) bond motifs is 1. The lowest BCUT2D eigenvalue weighted by atomic mass is 10.1. The van der Waals surface area contributed by atoms with Crippen LogP contribution in [0.5, 0.6) is 0 Å². The van der Waals surface area contributed by atoms with Crippen molar-refractivity contribution in [1.82, 2.24) is 9.88 Å². The molecule has 1 saturated heterocycles. The minimum absolute atomic E-state index is 0.814. The molecule has 2 heterocycles. The first-order valence-corrected chi connectivity index (χ1v) is 8.73. The van der Waals surface area contributed by atoms with Gasteiger partial charge in [0.25, 0.3) is 0 Å². The zero-order valence-electron chi connectivity index (χ0n) is 13.5. The van der Waals surface area contributed by atoms with Crippen molar-refractivity contribution in [3.05, 3.63) is 71.4 Å². The van der Waals surface area contributed by atoms with Gasteiger partial charge in [0.15, 0.2) is 0 Å². The summed E-state index contributed by atoms with van der Waals surface area (Å²) in [7, 11) is 0. The Morgan fingerprint density at radius 2 is 1.75 bits per heavy atom. The van der Waals surface area contributed by atoms with Gasteiger partial charge >= 0.3 is 0 Å². The Bertz CT molecular complexity index is 836. The fourth-order valence-electron chi connectivity index (χ4n) is 3.40. The topological polar surface area (TPSA) is 19.4 Å². The molecular formula is C20H20ClN3. The summed E-state index contributed by atoms with van der Waals surface area (Å²) in [6.07, 6.45) is 1.86. The number of nitrogens with zero attached hydrogens (tertiary/aromatic N) is 3. The number of piperazine rings is 1. The number of anilines is 1. The van der Waals surface area contributed by atoms with Gasteiger partial charge in [0.1, 0.15) is 0 Å². The van der Waals surface area contributed by atoms with E-state index in [1.54, 1.807) is 0 Å². The van der Waals surface area contributed by atoms with Crippen LogP contribution in [0.2, 0.25) is 5.02 Å². The summed E-state index contributed by atoms with van der Waals surface area (Å²) < 4.78 is 0. The molecule has 2 aromatic carbocycles. The highest BCUT2D eigenvalue weighted by atomic mass is 35.5. The van der Waals surface area contributed by atoms with Crippen molar-refractivity contribution in [1.29, 1.82) is 0 Å². The third kappa shape index (κ3) is 3.23. The third-order valence-corrected chi connectivity index (χ3v) is 4.87. The maximum Gasteiger partial charge on any atom is 0.0722 e. The summed E-state index contributed by atoms with van der Waals surface area (Å²) in [6.45, 7) is 5.15. The van der Waals surface area contributed by atoms with Gasteiger partial charge in [-0.05, 0) is 42.0 Å². The summed E-state index contributed by atoms with van der Waals surface area (Å²) in [6, 6.07) is 18.7. The summed E-state index contributed by atoms with van der Waals surface area (Å²) in [5.41, 5.74) is 3.64. The zero-order valence-corrected chi connectivity index (χ0v) is 14.3. The van der Waals surface area contributed by atoms with E-state index in [1.807, 2.05) is 24.4 Å². The zero-order chi connectivity index (χ0) is 16.4. The number of rotatable bonds is 3. The van der Waals surface area contributed by atoms with E-state index in [2.05, 4.69) is 51.2 Å². The minimum atomic E-state index is 0.814. The van der Waals surface area contributed by atoms with Gasteiger partial charge in [0.05, 0.1) is 5.52 Å². The highest BCUT2D eigenvalue weighted by Crippen LogP contribution is 2.26. The maximum atomic E-state index is 6.09. The normalized spacial score (nSPS) is 15.8. The van der Waals surface area contributed by atoms with Crippen LogP contribution < -0.4 is 4.90 Å². The molecule has 0 spiro atoms. The molecule has 4 rings (SSSR count). The average molecular weight is 338 g/mol. The molecule has 0 unspecified atom stereocenters. The number of hydrogen-bond donors (Lipinski definition) is 0. The molecule has 24 heavy (non-hydrogen) atoms. The van der Waals surface area contributed by atoms with Crippen LogP contribution in [-0.2, 0) is 6.54 Å². The Morgan fingerprint density at radius 3 is 2.58 bits per heavy atom. The molecule has 0 atom stereocenters. The van der Waals surface area contributed by atoms with Crippen LogP contribution in [0.25, 0.3) is 10.9 Å². The molecular weight excluding hydrogens is 318 g/mol. The number of benzene rings is 2. The fourth-order valence-corrected chi connectivity index (χ4v) is 3.62. The minimum Gasteiger partial charge on any atom is -0.368 e. The standard InChI is InChI=1S/C20H20ClN3/c21-17-5-1-4-16(14-17)15-23-10-12-24(13-11-23)20-8-2-7-19-18(20)6-3-9-22-19/h1-9,14H,10-13,15H2. The quantitative estimate of drug-likeness (QED) is 0.713. The summed E-state index contributed by atoms with van der Waals surface area (Å²) in [5.74, 6) is 0.